The van der Waals surface area contributed by atoms with Crippen molar-refractivity contribution in [3.63, 3.8) is 0 Å². The first-order valence-electron chi connectivity index (χ1n) is 18.8. The molecule has 0 saturated heterocycles. The van der Waals surface area contributed by atoms with E-state index in [9.17, 15) is 10.5 Å². The largest absolute Gasteiger partial charge is 0.309 e. The first-order chi connectivity index (χ1) is 27.6. The van der Waals surface area contributed by atoms with Gasteiger partial charge in [0.1, 0.15) is 12.1 Å². The molecule has 0 bridgehead atoms. The van der Waals surface area contributed by atoms with E-state index in [4.69, 9.17) is 0 Å². The minimum absolute atomic E-state index is 0.352. The van der Waals surface area contributed by atoms with Crippen LogP contribution in [0, 0.1) is 36.5 Å². The molecule has 10 aromatic rings. The minimum atomic E-state index is 0.352. The Kier molecular flexibility index (Phi) is 7.66. The van der Waals surface area contributed by atoms with Crippen molar-refractivity contribution in [2.45, 2.75) is 13.8 Å². The van der Waals surface area contributed by atoms with Crippen LogP contribution in [0.25, 0.3) is 88.4 Å². The molecular weight excluding hydrogens is 681 g/mol. The molecule has 0 N–H and O–H groups in total. The van der Waals surface area contributed by atoms with E-state index in [0.29, 0.717) is 11.1 Å². The lowest BCUT2D eigenvalue weighted by molar-refractivity contribution is 1.11. The number of para-hydroxylation sites is 2. The van der Waals surface area contributed by atoms with Crippen molar-refractivity contribution >= 4 is 43.6 Å². The molecule has 4 heteroatoms. The molecule has 0 amide bonds. The van der Waals surface area contributed by atoms with Crippen molar-refractivity contribution in [1.29, 1.82) is 10.5 Å². The van der Waals surface area contributed by atoms with Crippen LogP contribution in [-0.4, -0.2) is 9.13 Å². The number of aromatic nitrogens is 2. The van der Waals surface area contributed by atoms with E-state index in [1.807, 2.05) is 24.3 Å². The molecule has 56 heavy (non-hydrogen) atoms. The van der Waals surface area contributed by atoms with Crippen LogP contribution < -0.4 is 0 Å². The Labute approximate surface area is 325 Å². The Morgan fingerprint density at radius 3 is 1.61 bits per heavy atom. The van der Waals surface area contributed by atoms with E-state index in [2.05, 4.69) is 175 Å². The third-order valence-electron chi connectivity index (χ3n) is 11.3. The van der Waals surface area contributed by atoms with Crippen molar-refractivity contribution in [3.8, 4) is 56.9 Å². The maximum absolute atomic E-state index is 10.8. The molecule has 0 saturated carbocycles. The first kappa shape index (κ1) is 32.9. The van der Waals surface area contributed by atoms with E-state index < -0.39 is 0 Å². The summed E-state index contributed by atoms with van der Waals surface area (Å²) in [5.41, 5.74) is 15.4. The molecule has 2 aromatic heterocycles. The quantitative estimate of drug-likeness (QED) is 0.178. The van der Waals surface area contributed by atoms with Crippen molar-refractivity contribution in [1.82, 2.24) is 9.13 Å². The molecule has 0 fully saturated rings. The summed E-state index contributed by atoms with van der Waals surface area (Å²) in [5, 5.41) is 25.6. The molecule has 8 aromatic carbocycles. The highest BCUT2D eigenvalue weighted by Gasteiger charge is 2.26. The standard InChI is InChI=1S/C52H34N4/c1-33-13-11-14-34(2)51(33)56-46-22-10-9-20-40(46)42-25-28-49(50(52(42)56)41-21-12-19-39(31-53)45(41)32-54)55-47-26-23-37(35-15-5-3-6-16-35)29-43(47)44-30-38(24-27-48(44)55)36-17-7-4-8-18-36/h3-30H,1-2H3. The zero-order valence-corrected chi connectivity index (χ0v) is 31.0. The predicted molar refractivity (Wildman–Crippen MR) is 230 cm³/mol. The second-order valence-corrected chi connectivity index (χ2v) is 14.4. The van der Waals surface area contributed by atoms with Crippen LogP contribution in [0.4, 0.5) is 0 Å². The number of nitriles is 2. The van der Waals surface area contributed by atoms with Gasteiger partial charge in [0.05, 0.1) is 44.6 Å². The second-order valence-electron chi connectivity index (χ2n) is 14.4. The molecule has 2 heterocycles. The summed E-state index contributed by atoms with van der Waals surface area (Å²) in [6, 6.07) is 64.3. The normalized spacial score (nSPS) is 11.4. The van der Waals surface area contributed by atoms with Crippen molar-refractivity contribution in [2.24, 2.45) is 0 Å². The molecule has 10 rings (SSSR count). The third-order valence-corrected chi connectivity index (χ3v) is 11.3. The van der Waals surface area contributed by atoms with Crippen LogP contribution in [0.1, 0.15) is 22.3 Å². The highest BCUT2D eigenvalue weighted by molar-refractivity contribution is 6.18. The summed E-state index contributed by atoms with van der Waals surface area (Å²) in [4.78, 5) is 0. The van der Waals surface area contributed by atoms with Gasteiger partial charge >= 0.3 is 0 Å². The van der Waals surface area contributed by atoms with Crippen LogP contribution in [-0.2, 0) is 0 Å². The number of benzene rings is 8. The zero-order valence-electron chi connectivity index (χ0n) is 31.0. The highest BCUT2D eigenvalue weighted by Crippen LogP contribution is 2.46. The average molecular weight is 715 g/mol. The highest BCUT2D eigenvalue weighted by atomic mass is 15.0. The summed E-state index contributed by atoms with van der Waals surface area (Å²) in [6.45, 7) is 4.32. The average Bonchev–Trinajstić information content (AvgIpc) is 3.75. The van der Waals surface area contributed by atoms with Crippen LogP contribution >= 0.6 is 0 Å². The van der Waals surface area contributed by atoms with Gasteiger partial charge in [0.25, 0.3) is 0 Å². The van der Waals surface area contributed by atoms with E-state index >= 15 is 0 Å². The molecule has 4 nitrogen and oxygen atoms in total. The SMILES string of the molecule is Cc1cccc(C)c1-n1c2ccccc2c2ccc(-n3c4ccc(-c5ccccc5)cc4c4cc(-c5ccccc5)ccc43)c(-c3cccc(C#N)c3C#N)c21. The van der Waals surface area contributed by atoms with Crippen molar-refractivity contribution in [3.05, 3.63) is 192 Å². The molecule has 0 unspecified atom stereocenters. The van der Waals surface area contributed by atoms with Gasteiger partial charge in [-0.2, -0.15) is 10.5 Å². The van der Waals surface area contributed by atoms with Gasteiger partial charge in [0, 0.05) is 32.7 Å². The fraction of sp³-hybridized carbons (Fsp3) is 0.0385. The monoisotopic (exact) mass is 714 g/mol. The maximum atomic E-state index is 10.8. The molecule has 0 aliphatic carbocycles. The Morgan fingerprint density at radius 2 is 1.00 bits per heavy atom. The first-order valence-corrected chi connectivity index (χ1v) is 18.8. The van der Waals surface area contributed by atoms with E-state index in [1.54, 1.807) is 6.07 Å². The fourth-order valence-corrected chi connectivity index (χ4v) is 8.77. The van der Waals surface area contributed by atoms with Gasteiger partial charge < -0.3 is 9.13 Å². The topological polar surface area (TPSA) is 57.4 Å². The van der Waals surface area contributed by atoms with Gasteiger partial charge in [-0.3, -0.25) is 0 Å². The van der Waals surface area contributed by atoms with Gasteiger partial charge in [-0.1, -0.05) is 127 Å². The van der Waals surface area contributed by atoms with Crippen LogP contribution in [0.15, 0.2) is 170 Å². The van der Waals surface area contributed by atoms with E-state index in [-0.39, 0.29) is 0 Å². The van der Waals surface area contributed by atoms with E-state index in [1.165, 1.54) is 0 Å². The van der Waals surface area contributed by atoms with Crippen LogP contribution in [0.5, 0.6) is 0 Å². The summed E-state index contributed by atoms with van der Waals surface area (Å²) >= 11 is 0. The van der Waals surface area contributed by atoms with Crippen LogP contribution in [0.2, 0.25) is 0 Å². The number of hydrogen-bond donors (Lipinski definition) is 0. The summed E-state index contributed by atoms with van der Waals surface area (Å²) in [7, 11) is 0. The lowest BCUT2D eigenvalue weighted by atomic mass is 9.93. The van der Waals surface area contributed by atoms with Gasteiger partial charge in [0.15, 0.2) is 0 Å². The van der Waals surface area contributed by atoms with Gasteiger partial charge in [-0.05, 0) is 89.7 Å². The Hall–Kier alpha value is -7.66. The lowest BCUT2D eigenvalue weighted by Crippen LogP contribution is -2.05. The van der Waals surface area contributed by atoms with Gasteiger partial charge in [0.2, 0.25) is 0 Å². The Morgan fingerprint density at radius 1 is 0.429 bits per heavy atom. The molecule has 0 radical (unpaired) electrons. The third kappa shape index (κ3) is 4.98. The van der Waals surface area contributed by atoms with Gasteiger partial charge in [-0.25, -0.2) is 0 Å². The maximum Gasteiger partial charge on any atom is 0.101 e. The minimum Gasteiger partial charge on any atom is -0.309 e. The predicted octanol–water partition coefficient (Wildman–Crippen LogP) is 13.2. The molecule has 0 aliphatic rings. The molecule has 0 aliphatic heterocycles. The zero-order chi connectivity index (χ0) is 37.9. The number of rotatable bonds is 5. The smallest absolute Gasteiger partial charge is 0.101 e. The van der Waals surface area contributed by atoms with Crippen molar-refractivity contribution < 1.29 is 0 Å². The number of hydrogen-bond acceptors (Lipinski definition) is 2. The summed E-state index contributed by atoms with van der Waals surface area (Å²) in [6.07, 6.45) is 0. The molecular formula is C52H34N4. The Balaban J connectivity index is 1.41. The van der Waals surface area contributed by atoms with E-state index in [0.717, 1.165) is 99.5 Å². The van der Waals surface area contributed by atoms with Gasteiger partial charge in [-0.15, -0.1) is 0 Å². The van der Waals surface area contributed by atoms with Crippen LogP contribution in [0.3, 0.4) is 0 Å². The molecule has 0 spiro atoms. The number of fused-ring (bicyclic) bond motifs is 6. The van der Waals surface area contributed by atoms with Crippen molar-refractivity contribution in [2.75, 3.05) is 0 Å². The summed E-state index contributed by atoms with van der Waals surface area (Å²) < 4.78 is 4.74. The fourth-order valence-electron chi connectivity index (χ4n) is 8.77. The summed E-state index contributed by atoms with van der Waals surface area (Å²) in [5.74, 6) is 0. The molecule has 262 valence electrons. The lowest BCUT2D eigenvalue weighted by Gasteiger charge is -2.20. The molecule has 0 atom stereocenters. The Bertz CT molecular complexity index is 3160. The number of nitrogens with zero attached hydrogens (tertiary/aromatic N) is 4. The number of aryl methyl sites for hydroxylation is 2. The second kappa shape index (κ2) is 13.0.